The molecule has 0 bridgehead atoms. The number of hydrogen-bond donors (Lipinski definition) is 0. The maximum Gasteiger partial charge on any atom is 0.162 e. The van der Waals surface area contributed by atoms with Gasteiger partial charge >= 0.3 is 0 Å². The van der Waals surface area contributed by atoms with Gasteiger partial charge < -0.3 is 0 Å². The third kappa shape index (κ3) is 1.93. The Kier molecular flexibility index (Phi) is 2.68. The Labute approximate surface area is 87.0 Å². The first kappa shape index (κ1) is 9.20. The van der Waals surface area contributed by atoms with Crippen LogP contribution in [-0.2, 0) is 4.79 Å². The summed E-state index contributed by atoms with van der Waals surface area (Å²) in [7, 11) is 0. The lowest BCUT2D eigenvalue weighted by atomic mass is 9.93. The van der Waals surface area contributed by atoms with Crippen LogP contribution < -0.4 is 0 Å². The van der Waals surface area contributed by atoms with Crippen LogP contribution in [0.25, 0.3) is 0 Å². The second kappa shape index (κ2) is 3.79. The zero-order valence-corrected chi connectivity index (χ0v) is 9.14. The van der Waals surface area contributed by atoms with Gasteiger partial charge in [-0.3, -0.25) is 4.79 Å². The van der Waals surface area contributed by atoms with Gasteiger partial charge in [-0.15, -0.1) is 0 Å². The monoisotopic (exact) mass is 240 g/mol. The van der Waals surface area contributed by atoms with Crippen molar-refractivity contribution in [2.24, 2.45) is 0 Å². The van der Waals surface area contributed by atoms with Gasteiger partial charge in [-0.05, 0) is 36.8 Å². The number of hydrogen-bond acceptors (Lipinski definition) is 1. The van der Waals surface area contributed by atoms with Gasteiger partial charge in [0.2, 0.25) is 0 Å². The summed E-state index contributed by atoms with van der Waals surface area (Å²) < 4.78 is 0. The number of ketones is 1. The lowest BCUT2D eigenvalue weighted by molar-refractivity contribution is -0.115. The molecule has 2 rings (SSSR count). The SMILES string of the molecule is O=C1CC=CC2=C1CCCC(Br)C2. The number of allylic oxidation sites excluding steroid dienone is 4. The van der Waals surface area contributed by atoms with E-state index in [4.69, 9.17) is 0 Å². The van der Waals surface area contributed by atoms with Gasteiger partial charge in [-0.2, -0.15) is 0 Å². The molecule has 0 N–H and O–H groups in total. The van der Waals surface area contributed by atoms with Crippen molar-refractivity contribution >= 4 is 21.7 Å². The number of carbonyl (C=O) groups excluding carboxylic acids is 1. The molecule has 0 heterocycles. The highest BCUT2D eigenvalue weighted by atomic mass is 79.9. The first-order valence-corrected chi connectivity index (χ1v) is 5.75. The highest BCUT2D eigenvalue weighted by molar-refractivity contribution is 9.09. The molecule has 2 aliphatic rings. The number of rotatable bonds is 0. The van der Waals surface area contributed by atoms with Crippen molar-refractivity contribution in [2.45, 2.75) is 36.9 Å². The van der Waals surface area contributed by atoms with Crippen molar-refractivity contribution in [3.63, 3.8) is 0 Å². The van der Waals surface area contributed by atoms with Gasteiger partial charge in [0.1, 0.15) is 0 Å². The minimum absolute atomic E-state index is 0.346. The van der Waals surface area contributed by atoms with Crippen LogP contribution in [-0.4, -0.2) is 10.6 Å². The number of alkyl halides is 1. The van der Waals surface area contributed by atoms with E-state index in [9.17, 15) is 4.79 Å². The molecule has 1 atom stereocenters. The van der Waals surface area contributed by atoms with Crippen molar-refractivity contribution in [1.82, 2.24) is 0 Å². The van der Waals surface area contributed by atoms with Crippen molar-refractivity contribution in [1.29, 1.82) is 0 Å². The predicted octanol–water partition coefficient (Wildman–Crippen LogP) is 3.15. The van der Waals surface area contributed by atoms with Gasteiger partial charge in [-0.1, -0.05) is 28.1 Å². The van der Waals surface area contributed by atoms with Crippen LogP contribution in [0.1, 0.15) is 32.1 Å². The van der Waals surface area contributed by atoms with E-state index in [1.807, 2.05) is 6.08 Å². The third-order valence-electron chi connectivity index (χ3n) is 2.73. The maximum atomic E-state index is 11.6. The van der Waals surface area contributed by atoms with E-state index < -0.39 is 0 Å². The molecule has 0 saturated heterocycles. The van der Waals surface area contributed by atoms with Gasteiger partial charge in [-0.25, -0.2) is 0 Å². The second-order valence-corrected chi connectivity index (χ2v) is 5.02. The first-order valence-electron chi connectivity index (χ1n) is 4.83. The average molecular weight is 241 g/mol. The molecule has 0 fully saturated rings. The minimum atomic E-state index is 0.346. The second-order valence-electron chi connectivity index (χ2n) is 3.73. The van der Waals surface area contributed by atoms with Crippen molar-refractivity contribution in [2.75, 3.05) is 0 Å². The van der Waals surface area contributed by atoms with E-state index in [1.54, 1.807) is 0 Å². The van der Waals surface area contributed by atoms with E-state index in [1.165, 1.54) is 12.0 Å². The molecule has 0 radical (unpaired) electrons. The van der Waals surface area contributed by atoms with Crippen LogP contribution >= 0.6 is 15.9 Å². The van der Waals surface area contributed by atoms with Gasteiger partial charge in [0.05, 0.1) is 0 Å². The fourth-order valence-electron chi connectivity index (χ4n) is 2.04. The predicted molar refractivity (Wildman–Crippen MR) is 57.0 cm³/mol. The minimum Gasteiger partial charge on any atom is -0.294 e. The molecule has 1 nitrogen and oxygen atoms in total. The molecule has 0 aromatic rings. The zero-order valence-electron chi connectivity index (χ0n) is 7.55. The highest BCUT2D eigenvalue weighted by Gasteiger charge is 2.21. The molecule has 0 aliphatic heterocycles. The topological polar surface area (TPSA) is 17.1 Å². The van der Waals surface area contributed by atoms with Crippen molar-refractivity contribution < 1.29 is 4.79 Å². The molecular weight excluding hydrogens is 228 g/mol. The van der Waals surface area contributed by atoms with Crippen LogP contribution in [0.2, 0.25) is 0 Å². The number of halogens is 1. The standard InChI is InChI=1S/C11H13BrO/c12-9-4-2-5-10-8(7-9)3-1-6-11(10)13/h1,3,9H,2,4-7H2. The molecule has 2 aliphatic carbocycles. The summed E-state index contributed by atoms with van der Waals surface area (Å²) in [5, 5.41) is 0. The van der Waals surface area contributed by atoms with Gasteiger partial charge in [0.15, 0.2) is 5.78 Å². The zero-order chi connectivity index (χ0) is 9.26. The highest BCUT2D eigenvalue weighted by Crippen LogP contribution is 2.31. The molecule has 70 valence electrons. The van der Waals surface area contributed by atoms with Crippen molar-refractivity contribution in [3.05, 3.63) is 23.3 Å². The summed E-state index contributed by atoms with van der Waals surface area (Å²) in [6, 6.07) is 0. The lowest BCUT2D eigenvalue weighted by Gasteiger charge is -2.12. The van der Waals surface area contributed by atoms with E-state index in [-0.39, 0.29) is 0 Å². The van der Waals surface area contributed by atoms with Gasteiger partial charge in [0, 0.05) is 11.2 Å². The number of carbonyl (C=O) groups is 1. The molecular formula is C11H13BrO. The molecule has 0 amide bonds. The summed E-state index contributed by atoms with van der Waals surface area (Å²) >= 11 is 3.64. The maximum absolute atomic E-state index is 11.6. The normalized spacial score (nSPS) is 28.7. The fourth-order valence-corrected chi connectivity index (χ4v) is 2.72. The molecule has 1 unspecified atom stereocenters. The molecule has 13 heavy (non-hydrogen) atoms. The van der Waals surface area contributed by atoms with E-state index >= 15 is 0 Å². The average Bonchev–Trinajstić information content (AvgIpc) is 2.27. The van der Waals surface area contributed by atoms with Crippen LogP contribution in [0.4, 0.5) is 0 Å². The molecule has 0 aromatic carbocycles. The smallest absolute Gasteiger partial charge is 0.162 e. The van der Waals surface area contributed by atoms with Crippen LogP contribution in [0.3, 0.4) is 0 Å². The molecule has 0 spiro atoms. The Bertz CT molecular complexity index is 288. The van der Waals surface area contributed by atoms with Crippen LogP contribution in [0.5, 0.6) is 0 Å². The Balaban J connectivity index is 2.29. The van der Waals surface area contributed by atoms with Crippen molar-refractivity contribution in [3.8, 4) is 0 Å². The summed E-state index contributed by atoms with van der Waals surface area (Å²) in [5.74, 6) is 0.346. The summed E-state index contributed by atoms with van der Waals surface area (Å²) in [6.07, 6.45) is 9.09. The largest absolute Gasteiger partial charge is 0.294 e. The third-order valence-corrected chi connectivity index (χ3v) is 3.51. The summed E-state index contributed by atoms with van der Waals surface area (Å²) in [6.45, 7) is 0. The van der Waals surface area contributed by atoms with E-state index in [2.05, 4.69) is 22.0 Å². The first-order chi connectivity index (χ1) is 6.27. The van der Waals surface area contributed by atoms with E-state index in [0.29, 0.717) is 17.0 Å². The Morgan fingerprint density at radius 2 is 2.31 bits per heavy atom. The summed E-state index contributed by atoms with van der Waals surface area (Å²) in [4.78, 5) is 12.1. The van der Waals surface area contributed by atoms with Crippen LogP contribution in [0, 0.1) is 0 Å². The van der Waals surface area contributed by atoms with Gasteiger partial charge in [0.25, 0.3) is 0 Å². The lowest BCUT2D eigenvalue weighted by Crippen LogP contribution is -2.07. The molecule has 0 aromatic heterocycles. The molecule has 0 saturated carbocycles. The fraction of sp³-hybridized carbons (Fsp3) is 0.545. The van der Waals surface area contributed by atoms with Crippen LogP contribution in [0.15, 0.2) is 23.3 Å². The molecule has 2 heteroatoms. The number of Topliss-reactive ketones (excluding diaryl/α,β-unsaturated/α-hetero) is 1. The quantitative estimate of drug-likeness (QED) is 0.595. The Morgan fingerprint density at radius 3 is 3.15 bits per heavy atom. The Morgan fingerprint density at radius 1 is 1.46 bits per heavy atom. The summed E-state index contributed by atoms with van der Waals surface area (Å²) in [5.41, 5.74) is 2.38. The Hall–Kier alpha value is -0.370. The van der Waals surface area contributed by atoms with E-state index in [0.717, 1.165) is 24.8 Å².